The van der Waals surface area contributed by atoms with Crippen LogP contribution >= 0.6 is 0 Å². The van der Waals surface area contributed by atoms with E-state index in [4.69, 9.17) is 0 Å². The molecule has 6 heteroatoms. The van der Waals surface area contributed by atoms with Gasteiger partial charge in [-0.05, 0) is 19.3 Å². The van der Waals surface area contributed by atoms with Crippen molar-refractivity contribution < 1.29 is 18.0 Å². The number of sulfone groups is 1. The summed E-state index contributed by atoms with van der Waals surface area (Å²) < 4.78 is 25.2. The van der Waals surface area contributed by atoms with Crippen LogP contribution in [-0.2, 0) is 14.6 Å². The van der Waals surface area contributed by atoms with Crippen LogP contribution < -0.4 is 0 Å². The van der Waals surface area contributed by atoms with Gasteiger partial charge in [0.2, 0.25) is 5.91 Å². The first-order valence-corrected chi connectivity index (χ1v) is 11.2. The Morgan fingerprint density at radius 2 is 1.58 bits per heavy atom. The molecule has 0 atom stereocenters. The minimum absolute atomic E-state index is 0.0408. The van der Waals surface area contributed by atoms with Crippen molar-refractivity contribution in [1.82, 2.24) is 4.90 Å². The smallest absolute Gasteiger partial charge is 0.222 e. The normalized spacial score (nSPS) is 19.2. The molecule has 1 saturated carbocycles. The summed E-state index contributed by atoms with van der Waals surface area (Å²) in [5.74, 6) is 0.000665. The van der Waals surface area contributed by atoms with Crippen molar-refractivity contribution in [1.29, 1.82) is 0 Å². The first kappa shape index (κ1) is 19.1. The Morgan fingerprint density at radius 1 is 0.923 bits per heavy atom. The van der Waals surface area contributed by atoms with Gasteiger partial charge in [-0.2, -0.15) is 0 Å². The summed E-state index contributed by atoms with van der Waals surface area (Å²) >= 11 is 0. The van der Waals surface area contributed by atoms with Crippen molar-refractivity contribution in [2.45, 2.75) is 61.9 Å². The Bertz CT molecular complexity index is 732. The third-order valence-corrected chi connectivity index (χ3v) is 8.20. The molecule has 0 N–H and O–H groups in total. The number of benzene rings is 1. The van der Waals surface area contributed by atoms with E-state index in [9.17, 15) is 18.0 Å². The van der Waals surface area contributed by atoms with Crippen molar-refractivity contribution in [2.75, 3.05) is 13.1 Å². The second-order valence-corrected chi connectivity index (χ2v) is 9.92. The number of carbonyl (C=O) groups excluding carboxylic acids is 2. The van der Waals surface area contributed by atoms with Gasteiger partial charge in [0, 0.05) is 31.5 Å². The maximum Gasteiger partial charge on any atom is 0.222 e. The maximum absolute atomic E-state index is 12.6. The van der Waals surface area contributed by atoms with E-state index in [0.29, 0.717) is 37.9 Å². The predicted octanol–water partition coefficient (Wildman–Crippen LogP) is 3.00. The lowest BCUT2D eigenvalue weighted by molar-refractivity contribution is -0.134. The highest BCUT2D eigenvalue weighted by Gasteiger charge is 2.43. The minimum atomic E-state index is -3.11. The fraction of sp³-hybridized carbons (Fsp3) is 0.600. The number of rotatable bonds is 7. The summed E-state index contributed by atoms with van der Waals surface area (Å²) in [5.41, 5.74) is 0.669. The van der Waals surface area contributed by atoms with Crippen LogP contribution in [0.1, 0.15) is 61.7 Å². The Morgan fingerprint density at radius 3 is 2.23 bits per heavy atom. The highest BCUT2D eigenvalue weighted by atomic mass is 32.2. The van der Waals surface area contributed by atoms with Crippen LogP contribution in [-0.4, -0.2) is 48.6 Å². The molecule has 2 aliphatic rings. The summed E-state index contributed by atoms with van der Waals surface area (Å²) in [7, 11) is -3.11. The van der Waals surface area contributed by atoms with Crippen LogP contribution in [0.25, 0.3) is 0 Å². The van der Waals surface area contributed by atoms with Crippen molar-refractivity contribution in [3.05, 3.63) is 35.9 Å². The molecule has 1 amide bonds. The van der Waals surface area contributed by atoms with Gasteiger partial charge in [0.05, 0.1) is 10.5 Å². The molecule has 3 rings (SSSR count). The highest BCUT2D eigenvalue weighted by molar-refractivity contribution is 7.92. The maximum atomic E-state index is 12.6. The van der Waals surface area contributed by atoms with E-state index in [-0.39, 0.29) is 22.2 Å². The molecule has 5 nitrogen and oxygen atoms in total. The van der Waals surface area contributed by atoms with Gasteiger partial charge in [-0.3, -0.25) is 9.59 Å². The number of nitrogens with zero attached hydrogens (tertiary/aromatic N) is 1. The quantitative estimate of drug-likeness (QED) is 0.685. The van der Waals surface area contributed by atoms with Crippen LogP contribution in [0.15, 0.2) is 30.3 Å². The fourth-order valence-electron chi connectivity index (χ4n) is 3.84. The number of hydrogen-bond donors (Lipinski definition) is 0. The second kappa shape index (κ2) is 8.33. The number of ketones is 1. The number of Topliss-reactive ketones (excluding diaryl/α,β-unsaturated/α-hetero) is 1. The van der Waals surface area contributed by atoms with Gasteiger partial charge in [-0.15, -0.1) is 0 Å². The van der Waals surface area contributed by atoms with Crippen molar-refractivity contribution in [2.24, 2.45) is 0 Å². The van der Waals surface area contributed by atoms with Gasteiger partial charge < -0.3 is 4.90 Å². The molecule has 1 aliphatic heterocycles. The van der Waals surface area contributed by atoms with Gasteiger partial charge in [-0.25, -0.2) is 8.42 Å². The SMILES string of the molecule is O=C(CCCC(=O)N1CC(S(=O)(=O)C2CCCCC2)C1)c1ccccc1. The largest absolute Gasteiger partial charge is 0.340 e. The topological polar surface area (TPSA) is 71.5 Å². The molecule has 0 aromatic heterocycles. The van der Waals surface area contributed by atoms with E-state index in [1.165, 1.54) is 0 Å². The van der Waals surface area contributed by atoms with E-state index in [2.05, 4.69) is 0 Å². The molecule has 1 heterocycles. The monoisotopic (exact) mass is 377 g/mol. The number of amides is 1. The van der Waals surface area contributed by atoms with Gasteiger partial charge in [0.1, 0.15) is 0 Å². The standard InChI is InChI=1S/C20H27NO4S/c22-19(16-8-3-1-4-9-16)12-7-13-20(23)21-14-18(15-21)26(24,25)17-10-5-2-6-11-17/h1,3-4,8-9,17-18H,2,5-7,10-15H2. The third-order valence-electron chi connectivity index (χ3n) is 5.57. The number of likely N-dealkylation sites (tertiary alicyclic amines) is 1. The van der Waals surface area contributed by atoms with Crippen molar-refractivity contribution >= 4 is 21.5 Å². The van der Waals surface area contributed by atoms with Crippen LogP contribution in [0.3, 0.4) is 0 Å². The zero-order chi connectivity index (χ0) is 18.6. The second-order valence-electron chi connectivity index (χ2n) is 7.41. The van der Waals surface area contributed by atoms with Gasteiger partial charge in [0.15, 0.2) is 15.6 Å². The summed E-state index contributed by atoms with van der Waals surface area (Å²) in [6, 6.07) is 9.07. The Kier molecular flexibility index (Phi) is 6.12. The van der Waals surface area contributed by atoms with E-state index in [0.717, 1.165) is 32.1 Å². The van der Waals surface area contributed by atoms with Gasteiger partial charge in [0.25, 0.3) is 0 Å². The van der Waals surface area contributed by atoms with Crippen LogP contribution in [0.4, 0.5) is 0 Å². The first-order valence-electron chi connectivity index (χ1n) is 9.57. The van der Waals surface area contributed by atoms with E-state index in [1.807, 2.05) is 18.2 Å². The molecule has 1 aromatic rings. The third kappa shape index (κ3) is 4.34. The molecule has 2 fully saturated rings. The van der Waals surface area contributed by atoms with E-state index >= 15 is 0 Å². The Balaban J connectivity index is 1.40. The summed E-state index contributed by atoms with van der Waals surface area (Å²) in [5, 5.41) is -0.595. The highest BCUT2D eigenvalue weighted by Crippen LogP contribution is 2.30. The van der Waals surface area contributed by atoms with Gasteiger partial charge in [-0.1, -0.05) is 49.6 Å². The Labute approximate surface area is 155 Å². The zero-order valence-corrected chi connectivity index (χ0v) is 15.9. The van der Waals surface area contributed by atoms with Crippen molar-refractivity contribution in [3.8, 4) is 0 Å². The summed E-state index contributed by atoms with van der Waals surface area (Å²) in [4.78, 5) is 25.9. The molecule has 26 heavy (non-hydrogen) atoms. The molecule has 0 spiro atoms. The summed E-state index contributed by atoms with van der Waals surface area (Å²) in [6.45, 7) is 0.647. The molecule has 0 radical (unpaired) electrons. The zero-order valence-electron chi connectivity index (χ0n) is 15.1. The molecule has 1 aromatic carbocycles. The lowest BCUT2D eigenvalue weighted by atomic mass is 10.0. The predicted molar refractivity (Wildman–Crippen MR) is 101 cm³/mol. The molecular formula is C20H27NO4S. The molecule has 1 saturated heterocycles. The molecule has 0 bridgehead atoms. The first-order chi connectivity index (χ1) is 12.5. The van der Waals surface area contributed by atoms with Crippen LogP contribution in [0.2, 0.25) is 0 Å². The van der Waals surface area contributed by atoms with E-state index < -0.39 is 9.84 Å². The molecular weight excluding hydrogens is 350 g/mol. The lowest BCUT2D eigenvalue weighted by Gasteiger charge is -2.41. The molecule has 1 aliphatic carbocycles. The number of carbonyl (C=O) groups is 2. The van der Waals surface area contributed by atoms with Crippen LogP contribution in [0.5, 0.6) is 0 Å². The van der Waals surface area contributed by atoms with Gasteiger partial charge >= 0.3 is 0 Å². The Hall–Kier alpha value is -1.69. The van der Waals surface area contributed by atoms with Crippen LogP contribution in [0, 0.1) is 0 Å². The fourth-order valence-corrected chi connectivity index (χ4v) is 6.15. The van der Waals surface area contributed by atoms with E-state index in [1.54, 1.807) is 17.0 Å². The average molecular weight is 378 g/mol. The summed E-state index contributed by atoms with van der Waals surface area (Å²) in [6.07, 6.45) is 5.81. The molecule has 142 valence electrons. The number of hydrogen-bond acceptors (Lipinski definition) is 4. The lowest BCUT2D eigenvalue weighted by Crippen LogP contribution is -2.58. The molecule has 0 unspecified atom stereocenters. The minimum Gasteiger partial charge on any atom is -0.340 e. The average Bonchev–Trinajstić information content (AvgIpc) is 2.61. The van der Waals surface area contributed by atoms with Crippen molar-refractivity contribution in [3.63, 3.8) is 0 Å².